The molecule has 0 saturated carbocycles. The van der Waals surface area contributed by atoms with Crippen molar-refractivity contribution in [1.82, 2.24) is 15.3 Å². The third kappa shape index (κ3) is 1.95. The van der Waals surface area contributed by atoms with Gasteiger partial charge >= 0.3 is 0 Å². The molecule has 0 aliphatic carbocycles. The summed E-state index contributed by atoms with van der Waals surface area (Å²) in [7, 11) is 1.95. The number of benzene rings is 1. The maximum Gasteiger partial charge on any atom is 0.0934 e. The van der Waals surface area contributed by atoms with Crippen LogP contribution in [-0.2, 0) is 0 Å². The van der Waals surface area contributed by atoms with E-state index in [4.69, 9.17) is 0 Å². The van der Waals surface area contributed by atoms with Gasteiger partial charge in [0, 0.05) is 18.4 Å². The van der Waals surface area contributed by atoms with Crippen molar-refractivity contribution in [2.24, 2.45) is 0 Å². The van der Waals surface area contributed by atoms with Crippen LogP contribution in [0.25, 0.3) is 11.0 Å². The van der Waals surface area contributed by atoms with Crippen molar-refractivity contribution in [3.63, 3.8) is 0 Å². The van der Waals surface area contributed by atoms with Crippen LogP contribution in [0, 0.1) is 0 Å². The minimum atomic E-state index is 0.248. The molecule has 0 aliphatic heterocycles. The Kier molecular flexibility index (Phi) is 3.27. The molecule has 0 aliphatic rings. The molecule has 0 radical (unpaired) electrons. The second-order valence-electron chi connectivity index (χ2n) is 3.64. The Balaban J connectivity index is 2.54. The Bertz CT molecular complexity index is 488. The maximum absolute atomic E-state index is 4.40. The van der Waals surface area contributed by atoms with E-state index in [2.05, 4.69) is 27.9 Å². The van der Waals surface area contributed by atoms with E-state index in [1.165, 1.54) is 5.56 Å². The molecule has 82 valence electrons. The van der Waals surface area contributed by atoms with Crippen molar-refractivity contribution < 1.29 is 0 Å². The molecular weight excluding hydrogens is 198 g/mol. The first-order chi connectivity index (χ1) is 7.86. The van der Waals surface area contributed by atoms with E-state index in [9.17, 15) is 0 Å². The fourth-order valence-electron chi connectivity index (χ4n) is 1.86. The average Bonchev–Trinajstić information content (AvgIpc) is 2.35. The lowest BCUT2D eigenvalue weighted by Gasteiger charge is -2.15. The highest BCUT2D eigenvalue weighted by Crippen LogP contribution is 2.23. The Morgan fingerprint density at radius 2 is 2.19 bits per heavy atom. The maximum atomic E-state index is 4.40. The zero-order chi connectivity index (χ0) is 11.4. The number of para-hydroxylation sites is 1. The number of hydrogen-bond donors (Lipinski definition) is 1. The molecule has 0 saturated heterocycles. The highest BCUT2D eigenvalue weighted by Gasteiger charge is 2.11. The van der Waals surface area contributed by atoms with E-state index >= 15 is 0 Å². The molecule has 0 fully saturated rings. The van der Waals surface area contributed by atoms with Gasteiger partial charge in [-0.25, -0.2) is 0 Å². The van der Waals surface area contributed by atoms with Crippen LogP contribution < -0.4 is 5.32 Å². The van der Waals surface area contributed by atoms with Gasteiger partial charge in [0.25, 0.3) is 0 Å². The van der Waals surface area contributed by atoms with Gasteiger partial charge in [-0.15, -0.1) is 6.58 Å². The van der Waals surface area contributed by atoms with Gasteiger partial charge in [0.15, 0.2) is 0 Å². The quantitative estimate of drug-likeness (QED) is 0.793. The van der Waals surface area contributed by atoms with E-state index in [0.29, 0.717) is 0 Å². The van der Waals surface area contributed by atoms with Crippen LogP contribution in [0.5, 0.6) is 0 Å². The van der Waals surface area contributed by atoms with E-state index in [1.54, 1.807) is 12.4 Å². The van der Waals surface area contributed by atoms with Gasteiger partial charge in [-0.1, -0.05) is 18.2 Å². The van der Waals surface area contributed by atoms with E-state index in [-0.39, 0.29) is 6.04 Å². The van der Waals surface area contributed by atoms with Crippen molar-refractivity contribution in [3.05, 3.63) is 48.8 Å². The molecule has 0 bridgehead atoms. The lowest BCUT2D eigenvalue weighted by Crippen LogP contribution is -2.16. The molecule has 1 unspecified atom stereocenters. The normalized spacial score (nSPS) is 12.6. The summed E-state index contributed by atoms with van der Waals surface area (Å²) >= 11 is 0. The number of nitrogens with one attached hydrogen (secondary N) is 1. The number of nitrogens with zero attached hydrogens (tertiary/aromatic N) is 2. The van der Waals surface area contributed by atoms with Crippen molar-refractivity contribution in [3.8, 4) is 0 Å². The largest absolute Gasteiger partial charge is 0.313 e. The first-order valence-electron chi connectivity index (χ1n) is 5.34. The molecule has 1 heterocycles. The fourth-order valence-corrected chi connectivity index (χ4v) is 1.86. The van der Waals surface area contributed by atoms with Crippen molar-refractivity contribution in [1.29, 1.82) is 0 Å². The molecule has 2 rings (SSSR count). The molecule has 2 aromatic rings. The molecule has 3 heteroatoms. The van der Waals surface area contributed by atoms with Crippen LogP contribution in [0.4, 0.5) is 0 Å². The topological polar surface area (TPSA) is 37.8 Å². The molecule has 1 atom stereocenters. The minimum absolute atomic E-state index is 0.248. The molecule has 1 aromatic heterocycles. The average molecular weight is 213 g/mol. The van der Waals surface area contributed by atoms with Crippen molar-refractivity contribution in [2.45, 2.75) is 12.5 Å². The Hall–Kier alpha value is -1.74. The van der Waals surface area contributed by atoms with Gasteiger partial charge < -0.3 is 5.32 Å². The van der Waals surface area contributed by atoms with Crippen molar-refractivity contribution in [2.75, 3.05) is 7.05 Å². The van der Waals surface area contributed by atoms with Crippen LogP contribution in [0.15, 0.2) is 43.2 Å². The SMILES string of the molecule is C=CCC(NC)c1cccc2nccnc12. The molecular formula is C13H15N3. The van der Waals surface area contributed by atoms with E-state index in [0.717, 1.165) is 17.5 Å². The molecule has 16 heavy (non-hydrogen) atoms. The predicted octanol–water partition coefficient (Wildman–Crippen LogP) is 2.47. The van der Waals surface area contributed by atoms with E-state index < -0.39 is 0 Å². The second kappa shape index (κ2) is 4.86. The summed E-state index contributed by atoms with van der Waals surface area (Å²) in [6.07, 6.45) is 6.24. The molecule has 3 nitrogen and oxygen atoms in total. The Labute approximate surface area is 95.2 Å². The lowest BCUT2D eigenvalue weighted by molar-refractivity contribution is 0.607. The fraction of sp³-hybridized carbons (Fsp3) is 0.231. The van der Waals surface area contributed by atoms with Gasteiger partial charge in [-0.2, -0.15) is 0 Å². The summed E-state index contributed by atoms with van der Waals surface area (Å²) in [6, 6.07) is 6.33. The van der Waals surface area contributed by atoms with Crippen LogP contribution in [0.3, 0.4) is 0 Å². The molecule has 0 spiro atoms. The van der Waals surface area contributed by atoms with Gasteiger partial charge in [0.2, 0.25) is 0 Å². The summed E-state index contributed by atoms with van der Waals surface area (Å²) in [4.78, 5) is 8.70. The lowest BCUT2D eigenvalue weighted by atomic mass is 10.0. The van der Waals surface area contributed by atoms with Gasteiger partial charge in [0.1, 0.15) is 0 Å². The highest BCUT2D eigenvalue weighted by molar-refractivity contribution is 5.78. The first-order valence-corrected chi connectivity index (χ1v) is 5.34. The zero-order valence-electron chi connectivity index (χ0n) is 9.35. The minimum Gasteiger partial charge on any atom is -0.313 e. The van der Waals surface area contributed by atoms with Gasteiger partial charge in [0.05, 0.1) is 11.0 Å². The summed E-state index contributed by atoms with van der Waals surface area (Å²) in [5, 5.41) is 3.27. The van der Waals surface area contributed by atoms with Crippen LogP contribution in [0.2, 0.25) is 0 Å². The predicted molar refractivity (Wildman–Crippen MR) is 66.2 cm³/mol. The molecule has 0 amide bonds. The summed E-state index contributed by atoms with van der Waals surface area (Å²) < 4.78 is 0. The number of fused-ring (bicyclic) bond motifs is 1. The van der Waals surface area contributed by atoms with Crippen LogP contribution in [0.1, 0.15) is 18.0 Å². The van der Waals surface area contributed by atoms with Gasteiger partial charge in [-0.3, -0.25) is 9.97 Å². The van der Waals surface area contributed by atoms with Crippen molar-refractivity contribution >= 4 is 11.0 Å². The van der Waals surface area contributed by atoms with Gasteiger partial charge in [-0.05, 0) is 25.1 Å². The first kappa shape index (κ1) is 10.8. The Morgan fingerprint density at radius 3 is 2.94 bits per heavy atom. The summed E-state index contributed by atoms with van der Waals surface area (Å²) in [6.45, 7) is 3.78. The number of hydrogen-bond acceptors (Lipinski definition) is 3. The standard InChI is InChI=1S/C13H15N3/c1-3-5-11(14-2)10-6-4-7-12-13(10)16-9-8-15-12/h3-4,6-9,11,14H,1,5H2,2H3. The number of aromatic nitrogens is 2. The van der Waals surface area contributed by atoms with Crippen LogP contribution in [-0.4, -0.2) is 17.0 Å². The number of rotatable bonds is 4. The van der Waals surface area contributed by atoms with E-state index in [1.807, 2.05) is 25.3 Å². The zero-order valence-corrected chi connectivity index (χ0v) is 9.35. The van der Waals surface area contributed by atoms with Crippen LogP contribution >= 0.6 is 0 Å². The third-order valence-electron chi connectivity index (χ3n) is 2.66. The smallest absolute Gasteiger partial charge is 0.0934 e. The second-order valence-corrected chi connectivity index (χ2v) is 3.64. The molecule has 1 aromatic carbocycles. The highest BCUT2D eigenvalue weighted by atomic mass is 14.9. The summed E-state index contributed by atoms with van der Waals surface area (Å²) in [5.41, 5.74) is 3.07. The molecule has 1 N–H and O–H groups in total. The third-order valence-corrected chi connectivity index (χ3v) is 2.66. The Morgan fingerprint density at radius 1 is 1.38 bits per heavy atom. The monoisotopic (exact) mass is 213 g/mol. The summed E-state index contributed by atoms with van der Waals surface area (Å²) in [5.74, 6) is 0.